The number of aromatic nitrogens is 1. The first-order valence-corrected chi connectivity index (χ1v) is 13.9. The van der Waals surface area contributed by atoms with Gasteiger partial charge in [-0.1, -0.05) is 64.1 Å². The highest BCUT2D eigenvalue weighted by Gasteiger charge is 2.23. The largest absolute Gasteiger partial charge is 0.478 e. The van der Waals surface area contributed by atoms with Crippen molar-refractivity contribution < 1.29 is 19.4 Å². The number of aryl methyl sites for hydroxylation is 1. The maximum Gasteiger partial charge on any atom is 0.345 e. The van der Waals surface area contributed by atoms with Gasteiger partial charge in [-0.25, -0.2) is 4.79 Å². The van der Waals surface area contributed by atoms with Gasteiger partial charge in [0.15, 0.2) is 6.10 Å². The number of fused-ring (bicyclic) bond motifs is 1. The average Bonchev–Trinajstić information content (AvgIpc) is 3.15. The summed E-state index contributed by atoms with van der Waals surface area (Å²) in [4.78, 5) is 24.8. The number of carbonyl (C=O) groups excluding carboxylic acids is 1. The summed E-state index contributed by atoms with van der Waals surface area (Å²) in [6.45, 7) is 14.8. The first kappa shape index (κ1) is 28.9. The third-order valence-electron chi connectivity index (χ3n) is 7.68. The molecule has 0 aliphatic heterocycles. The first-order chi connectivity index (χ1) is 19.0. The molecule has 6 nitrogen and oxygen atoms in total. The van der Waals surface area contributed by atoms with Gasteiger partial charge in [0.1, 0.15) is 5.75 Å². The quantitative estimate of drug-likeness (QED) is 0.219. The minimum Gasteiger partial charge on any atom is -0.478 e. The van der Waals surface area contributed by atoms with Crippen LogP contribution in [0.5, 0.6) is 5.75 Å². The molecule has 2 atom stereocenters. The fourth-order valence-electron chi connectivity index (χ4n) is 5.06. The van der Waals surface area contributed by atoms with Crippen molar-refractivity contribution in [1.29, 1.82) is 0 Å². The highest BCUT2D eigenvalue weighted by atomic mass is 16.5. The number of rotatable bonds is 10. The molecule has 1 aromatic heterocycles. The van der Waals surface area contributed by atoms with Crippen molar-refractivity contribution >= 4 is 22.8 Å². The van der Waals surface area contributed by atoms with E-state index < -0.39 is 12.1 Å². The highest BCUT2D eigenvalue weighted by molar-refractivity contribution is 5.99. The Labute approximate surface area is 237 Å². The maximum absolute atomic E-state index is 13.2. The lowest BCUT2D eigenvalue weighted by atomic mass is 9.98. The van der Waals surface area contributed by atoms with Crippen molar-refractivity contribution in [2.45, 2.75) is 73.1 Å². The molecule has 40 heavy (non-hydrogen) atoms. The van der Waals surface area contributed by atoms with E-state index in [1.807, 2.05) is 63.2 Å². The van der Waals surface area contributed by atoms with Crippen LogP contribution in [0.3, 0.4) is 0 Å². The molecule has 0 saturated carbocycles. The highest BCUT2D eigenvalue weighted by Crippen LogP contribution is 2.29. The minimum absolute atomic E-state index is 0.0999. The summed E-state index contributed by atoms with van der Waals surface area (Å²) >= 11 is 0. The molecule has 1 heterocycles. The first-order valence-electron chi connectivity index (χ1n) is 13.9. The zero-order valence-electron chi connectivity index (χ0n) is 24.5. The molecule has 0 bridgehead atoms. The predicted octanol–water partition coefficient (Wildman–Crippen LogP) is 7.41. The van der Waals surface area contributed by atoms with Gasteiger partial charge in [-0.2, -0.15) is 0 Å². The summed E-state index contributed by atoms with van der Waals surface area (Å²) < 4.78 is 8.03. The number of nitrogens with one attached hydrogen (secondary N) is 1. The Kier molecular flexibility index (Phi) is 8.67. The molecule has 2 unspecified atom stereocenters. The number of aliphatic carboxylic acids is 1. The Morgan fingerprint density at radius 3 is 2.27 bits per heavy atom. The van der Waals surface area contributed by atoms with E-state index in [1.165, 1.54) is 5.56 Å². The van der Waals surface area contributed by atoms with Gasteiger partial charge < -0.3 is 19.7 Å². The van der Waals surface area contributed by atoms with Gasteiger partial charge in [-0.3, -0.25) is 4.79 Å². The molecule has 0 spiro atoms. The van der Waals surface area contributed by atoms with Crippen molar-refractivity contribution in [1.82, 2.24) is 9.88 Å². The molecule has 0 saturated heterocycles. The van der Waals surface area contributed by atoms with Crippen LogP contribution in [0.15, 0.2) is 66.7 Å². The molecular weight excluding hydrogens is 500 g/mol. The van der Waals surface area contributed by atoms with Crippen LogP contribution in [-0.2, 0) is 11.3 Å². The molecule has 0 radical (unpaired) electrons. The lowest BCUT2D eigenvalue weighted by molar-refractivity contribution is -0.147. The Morgan fingerprint density at radius 2 is 1.60 bits per heavy atom. The summed E-state index contributed by atoms with van der Waals surface area (Å²) in [6, 6.07) is 21.7. The minimum atomic E-state index is -0.971. The summed E-state index contributed by atoms with van der Waals surface area (Å²) in [5.41, 5.74) is 7.26. The molecule has 1 amide bonds. The number of amides is 1. The maximum atomic E-state index is 13.2. The van der Waals surface area contributed by atoms with Crippen LogP contribution in [0.4, 0.5) is 0 Å². The molecule has 4 rings (SSSR count). The van der Waals surface area contributed by atoms with Crippen molar-refractivity contribution in [3.8, 4) is 5.75 Å². The number of ether oxygens (including phenoxy) is 1. The predicted molar refractivity (Wildman–Crippen MR) is 160 cm³/mol. The number of carboxylic acid groups (broad SMARTS) is 1. The van der Waals surface area contributed by atoms with Crippen LogP contribution in [0.1, 0.15) is 84.9 Å². The van der Waals surface area contributed by atoms with Crippen LogP contribution < -0.4 is 10.1 Å². The van der Waals surface area contributed by atoms with E-state index >= 15 is 0 Å². The van der Waals surface area contributed by atoms with E-state index in [-0.39, 0.29) is 17.9 Å². The van der Waals surface area contributed by atoms with E-state index in [4.69, 9.17) is 4.74 Å². The van der Waals surface area contributed by atoms with Crippen LogP contribution in [0.2, 0.25) is 0 Å². The second-order valence-corrected chi connectivity index (χ2v) is 11.3. The molecule has 4 aromatic rings. The van der Waals surface area contributed by atoms with E-state index in [2.05, 4.69) is 55.8 Å². The Bertz CT molecular complexity index is 1530. The van der Waals surface area contributed by atoms with Gasteiger partial charge >= 0.3 is 5.97 Å². The Morgan fingerprint density at radius 1 is 0.900 bits per heavy atom. The normalized spacial score (nSPS) is 13.0. The van der Waals surface area contributed by atoms with Crippen molar-refractivity contribution in [2.75, 3.05) is 0 Å². The van der Waals surface area contributed by atoms with Crippen LogP contribution in [-0.4, -0.2) is 27.7 Å². The van der Waals surface area contributed by atoms with Crippen molar-refractivity contribution in [2.24, 2.45) is 5.92 Å². The topological polar surface area (TPSA) is 80.6 Å². The van der Waals surface area contributed by atoms with Crippen molar-refractivity contribution in [3.05, 3.63) is 100 Å². The molecule has 6 heteroatoms. The molecular formula is C34H40N2O4. The van der Waals surface area contributed by atoms with Crippen LogP contribution >= 0.6 is 0 Å². The van der Waals surface area contributed by atoms with E-state index in [0.717, 1.165) is 33.3 Å². The number of hydrogen-bond acceptors (Lipinski definition) is 3. The van der Waals surface area contributed by atoms with Gasteiger partial charge in [-0.05, 0) is 79.3 Å². The second-order valence-electron chi connectivity index (χ2n) is 11.3. The van der Waals surface area contributed by atoms with Gasteiger partial charge in [0.05, 0.1) is 6.04 Å². The average molecular weight is 541 g/mol. The molecule has 0 aliphatic rings. The fraction of sp³-hybridized carbons (Fsp3) is 0.353. The number of hydrogen-bond donors (Lipinski definition) is 2. The summed E-state index contributed by atoms with van der Waals surface area (Å²) in [5.74, 6) is -0.258. The lowest BCUT2D eigenvalue weighted by Crippen LogP contribution is -2.32. The van der Waals surface area contributed by atoms with Gasteiger partial charge in [-0.15, -0.1) is 0 Å². The third-order valence-corrected chi connectivity index (χ3v) is 7.68. The number of carbonyl (C=O) groups is 2. The number of carboxylic acids is 1. The fourth-order valence-corrected chi connectivity index (χ4v) is 5.06. The van der Waals surface area contributed by atoms with Crippen molar-refractivity contribution in [3.63, 3.8) is 0 Å². The zero-order valence-corrected chi connectivity index (χ0v) is 24.5. The lowest BCUT2D eigenvalue weighted by Gasteiger charge is -2.19. The molecule has 210 valence electrons. The van der Waals surface area contributed by atoms with Crippen LogP contribution in [0.25, 0.3) is 10.9 Å². The zero-order chi connectivity index (χ0) is 29.1. The summed E-state index contributed by atoms with van der Waals surface area (Å²) in [5, 5.41) is 13.7. The number of nitrogens with zero attached hydrogens (tertiary/aromatic N) is 1. The second kappa shape index (κ2) is 12.0. The molecule has 3 aromatic carbocycles. The monoisotopic (exact) mass is 540 g/mol. The summed E-state index contributed by atoms with van der Waals surface area (Å²) in [7, 11) is 0. The van der Waals surface area contributed by atoms with E-state index in [0.29, 0.717) is 23.8 Å². The molecule has 0 fully saturated rings. The summed E-state index contributed by atoms with van der Waals surface area (Å²) in [6.07, 6.45) is -0.905. The van der Waals surface area contributed by atoms with Gasteiger partial charge in [0, 0.05) is 34.6 Å². The Balaban J connectivity index is 1.56. The van der Waals surface area contributed by atoms with Gasteiger partial charge in [0.2, 0.25) is 0 Å². The Hall–Kier alpha value is -4.06. The smallest absolute Gasteiger partial charge is 0.345 e. The standard InChI is InChI=1S/C34H40N2O4/c1-20(2)26-11-9-12-27(17-26)23(6)35-33(37)28-14-15-31-30(18-28)22(5)24(7)36(31)19-25-10-8-13-29(16-25)40-32(21(3)4)34(38)39/h8-18,20-21,23,32H,19H2,1-7H3,(H,35,37)(H,38,39). The van der Waals surface area contributed by atoms with Crippen LogP contribution in [0, 0.1) is 19.8 Å². The SMILES string of the molecule is Cc1c(C)n(Cc2cccc(OC(C(=O)O)C(C)C)c2)c2ccc(C(=O)NC(C)c3cccc(C(C)C)c3)cc12. The molecule has 2 N–H and O–H groups in total. The third kappa shape index (κ3) is 6.22. The number of benzene rings is 3. The van der Waals surface area contributed by atoms with E-state index in [1.54, 1.807) is 6.07 Å². The molecule has 0 aliphatic carbocycles. The van der Waals surface area contributed by atoms with Gasteiger partial charge in [0.25, 0.3) is 5.91 Å². The van der Waals surface area contributed by atoms with E-state index in [9.17, 15) is 14.7 Å².